The van der Waals surface area contributed by atoms with Crippen molar-refractivity contribution in [3.05, 3.63) is 29.8 Å². The standard InChI is InChI=1S/C21H31N3O3/c1-22(2)14-15-24-16-21(9-8-19(24)25)10-12-23(13-11-21)20(26)17-4-6-18(27-3)7-5-17/h4-7H,8-16H2,1-3H3. The molecule has 1 aromatic rings. The fraction of sp³-hybridized carbons (Fsp3) is 0.619. The average Bonchev–Trinajstić information content (AvgIpc) is 2.69. The van der Waals surface area contributed by atoms with E-state index in [-0.39, 0.29) is 17.2 Å². The monoisotopic (exact) mass is 373 g/mol. The summed E-state index contributed by atoms with van der Waals surface area (Å²) < 4.78 is 5.16. The number of piperidine rings is 2. The van der Waals surface area contributed by atoms with Crippen molar-refractivity contribution in [3.8, 4) is 5.75 Å². The summed E-state index contributed by atoms with van der Waals surface area (Å²) in [4.78, 5) is 31.2. The number of carbonyl (C=O) groups is 2. The highest BCUT2D eigenvalue weighted by Crippen LogP contribution is 2.40. The van der Waals surface area contributed by atoms with Crippen LogP contribution in [0.1, 0.15) is 36.0 Å². The number of benzene rings is 1. The number of likely N-dealkylation sites (tertiary alicyclic amines) is 2. The summed E-state index contributed by atoms with van der Waals surface area (Å²) in [5.41, 5.74) is 0.884. The first kappa shape index (κ1) is 19.7. The second-order valence-electron chi connectivity index (χ2n) is 8.14. The van der Waals surface area contributed by atoms with Crippen LogP contribution in [0.25, 0.3) is 0 Å². The van der Waals surface area contributed by atoms with Crippen LogP contribution in [0.3, 0.4) is 0 Å². The number of hydrogen-bond acceptors (Lipinski definition) is 4. The molecule has 0 unspecified atom stereocenters. The predicted molar refractivity (Wildman–Crippen MR) is 105 cm³/mol. The number of amides is 2. The molecule has 2 aliphatic heterocycles. The third-order valence-corrected chi connectivity index (χ3v) is 6.01. The lowest BCUT2D eigenvalue weighted by atomic mass is 9.72. The van der Waals surface area contributed by atoms with Gasteiger partial charge in [-0.3, -0.25) is 9.59 Å². The molecule has 0 aromatic heterocycles. The molecule has 0 aliphatic carbocycles. The van der Waals surface area contributed by atoms with Crippen molar-refractivity contribution < 1.29 is 14.3 Å². The average molecular weight is 373 g/mol. The molecular formula is C21H31N3O3. The second-order valence-corrected chi connectivity index (χ2v) is 8.14. The van der Waals surface area contributed by atoms with E-state index in [1.807, 2.05) is 48.2 Å². The molecule has 148 valence electrons. The fourth-order valence-electron chi connectivity index (χ4n) is 4.14. The van der Waals surface area contributed by atoms with Crippen LogP contribution in [0.2, 0.25) is 0 Å². The lowest BCUT2D eigenvalue weighted by molar-refractivity contribution is -0.139. The highest BCUT2D eigenvalue weighted by atomic mass is 16.5. The van der Waals surface area contributed by atoms with Crippen LogP contribution in [0.15, 0.2) is 24.3 Å². The van der Waals surface area contributed by atoms with Crippen LogP contribution in [0.4, 0.5) is 0 Å². The van der Waals surface area contributed by atoms with Gasteiger partial charge in [0.25, 0.3) is 5.91 Å². The smallest absolute Gasteiger partial charge is 0.253 e. The van der Waals surface area contributed by atoms with Crippen LogP contribution in [0, 0.1) is 5.41 Å². The minimum Gasteiger partial charge on any atom is -0.497 e. The third-order valence-electron chi connectivity index (χ3n) is 6.01. The summed E-state index contributed by atoms with van der Waals surface area (Å²) in [6.45, 7) is 4.05. The zero-order valence-corrected chi connectivity index (χ0v) is 16.7. The van der Waals surface area contributed by atoms with E-state index in [1.54, 1.807) is 7.11 Å². The minimum atomic E-state index is 0.0869. The van der Waals surface area contributed by atoms with Crippen LogP contribution in [-0.4, -0.2) is 80.4 Å². The Kier molecular flexibility index (Phi) is 6.05. The number of carbonyl (C=O) groups excluding carboxylic acids is 2. The van der Waals surface area contributed by atoms with E-state index in [2.05, 4.69) is 4.90 Å². The summed E-state index contributed by atoms with van der Waals surface area (Å²) in [5, 5.41) is 0. The van der Waals surface area contributed by atoms with E-state index in [0.29, 0.717) is 12.0 Å². The second kappa shape index (κ2) is 8.30. The normalized spacial score (nSPS) is 19.6. The van der Waals surface area contributed by atoms with Gasteiger partial charge in [-0.15, -0.1) is 0 Å². The van der Waals surface area contributed by atoms with Gasteiger partial charge in [0, 0.05) is 44.7 Å². The molecule has 2 heterocycles. The van der Waals surface area contributed by atoms with Crippen molar-refractivity contribution >= 4 is 11.8 Å². The maximum absolute atomic E-state index is 12.8. The van der Waals surface area contributed by atoms with Crippen molar-refractivity contribution in [2.75, 3.05) is 53.9 Å². The first-order chi connectivity index (χ1) is 12.9. The fourth-order valence-corrected chi connectivity index (χ4v) is 4.14. The molecule has 0 N–H and O–H groups in total. The van der Waals surface area contributed by atoms with E-state index in [9.17, 15) is 9.59 Å². The maximum atomic E-state index is 12.8. The SMILES string of the molecule is COc1ccc(C(=O)N2CCC3(CCC(=O)N(CCN(C)C)C3)CC2)cc1. The van der Waals surface area contributed by atoms with E-state index in [0.717, 1.165) is 57.7 Å². The van der Waals surface area contributed by atoms with Gasteiger partial charge in [-0.2, -0.15) is 0 Å². The Bertz CT molecular complexity index is 664. The maximum Gasteiger partial charge on any atom is 0.253 e. The Labute approximate surface area is 162 Å². The molecule has 27 heavy (non-hydrogen) atoms. The highest BCUT2D eigenvalue weighted by molar-refractivity contribution is 5.94. The van der Waals surface area contributed by atoms with Crippen LogP contribution in [0.5, 0.6) is 5.75 Å². The summed E-state index contributed by atoms with van der Waals surface area (Å²) in [6, 6.07) is 7.31. The largest absolute Gasteiger partial charge is 0.497 e. The first-order valence-corrected chi connectivity index (χ1v) is 9.78. The molecule has 0 radical (unpaired) electrons. The highest BCUT2D eigenvalue weighted by Gasteiger charge is 2.41. The van der Waals surface area contributed by atoms with Gasteiger partial charge in [0.2, 0.25) is 5.91 Å². The summed E-state index contributed by atoms with van der Waals surface area (Å²) in [6.07, 6.45) is 3.54. The Hall–Kier alpha value is -2.08. The molecule has 2 amide bonds. The first-order valence-electron chi connectivity index (χ1n) is 9.78. The molecule has 0 saturated carbocycles. The Balaban J connectivity index is 1.58. The van der Waals surface area contributed by atoms with Crippen molar-refractivity contribution in [1.82, 2.24) is 14.7 Å². The molecule has 0 bridgehead atoms. The molecule has 2 fully saturated rings. The van der Waals surface area contributed by atoms with Crippen LogP contribution < -0.4 is 4.74 Å². The number of nitrogens with zero attached hydrogens (tertiary/aromatic N) is 3. The summed E-state index contributed by atoms with van der Waals surface area (Å²) >= 11 is 0. The Morgan fingerprint density at radius 3 is 2.41 bits per heavy atom. The van der Waals surface area contributed by atoms with E-state index >= 15 is 0 Å². The van der Waals surface area contributed by atoms with Crippen molar-refractivity contribution in [2.24, 2.45) is 5.41 Å². The van der Waals surface area contributed by atoms with Gasteiger partial charge >= 0.3 is 0 Å². The van der Waals surface area contributed by atoms with E-state index in [4.69, 9.17) is 4.74 Å². The molecular weight excluding hydrogens is 342 g/mol. The number of likely N-dealkylation sites (N-methyl/N-ethyl adjacent to an activating group) is 1. The molecule has 2 saturated heterocycles. The molecule has 1 spiro atoms. The molecule has 6 heteroatoms. The third kappa shape index (κ3) is 4.61. The zero-order valence-electron chi connectivity index (χ0n) is 16.7. The molecule has 3 rings (SSSR count). The topological polar surface area (TPSA) is 53.1 Å². The zero-order chi connectivity index (χ0) is 19.4. The van der Waals surface area contributed by atoms with Gasteiger partial charge in [0.15, 0.2) is 0 Å². The van der Waals surface area contributed by atoms with Gasteiger partial charge in [-0.25, -0.2) is 0 Å². The van der Waals surface area contributed by atoms with Crippen molar-refractivity contribution in [1.29, 1.82) is 0 Å². The number of ether oxygens (including phenoxy) is 1. The molecule has 0 atom stereocenters. The van der Waals surface area contributed by atoms with Gasteiger partial charge in [0.1, 0.15) is 5.75 Å². The van der Waals surface area contributed by atoms with Gasteiger partial charge < -0.3 is 19.4 Å². The van der Waals surface area contributed by atoms with Gasteiger partial charge in [0.05, 0.1) is 7.11 Å². The predicted octanol–water partition coefficient (Wildman–Crippen LogP) is 2.10. The Morgan fingerprint density at radius 1 is 1.15 bits per heavy atom. The molecule has 2 aliphatic rings. The van der Waals surface area contributed by atoms with Crippen molar-refractivity contribution in [3.63, 3.8) is 0 Å². The lowest BCUT2D eigenvalue weighted by Gasteiger charge is -2.47. The molecule has 1 aromatic carbocycles. The van der Waals surface area contributed by atoms with Crippen LogP contribution in [-0.2, 0) is 4.79 Å². The minimum absolute atomic E-state index is 0.0869. The van der Waals surface area contributed by atoms with Gasteiger partial charge in [-0.1, -0.05) is 0 Å². The summed E-state index contributed by atoms with van der Waals surface area (Å²) in [7, 11) is 5.69. The quantitative estimate of drug-likeness (QED) is 0.793. The van der Waals surface area contributed by atoms with Gasteiger partial charge in [-0.05, 0) is 63.0 Å². The molecule has 6 nitrogen and oxygen atoms in total. The lowest BCUT2D eigenvalue weighted by Crippen LogP contribution is -2.53. The number of rotatable bonds is 5. The Morgan fingerprint density at radius 2 is 1.81 bits per heavy atom. The van der Waals surface area contributed by atoms with E-state index in [1.165, 1.54) is 0 Å². The van der Waals surface area contributed by atoms with E-state index < -0.39 is 0 Å². The number of hydrogen-bond donors (Lipinski definition) is 0. The van der Waals surface area contributed by atoms with Crippen molar-refractivity contribution in [2.45, 2.75) is 25.7 Å². The van der Waals surface area contributed by atoms with Crippen LogP contribution >= 0.6 is 0 Å². The summed E-state index contributed by atoms with van der Waals surface area (Å²) in [5.74, 6) is 1.12. The number of methoxy groups -OCH3 is 1.